The van der Waals surface area contributed by atoms with E-state index in [9.17, 15) is 4.79 Å². The summed E-state index contributed by atoms with van der Waals surface area (Å²) in [7, 11) is 0. The largest absolute Gasteiger partial charge is 0.468 e. The first-order chi connectivity index (χ1) is 8.31. The Hall–Kier alpha value is -1.55. The molecule has 4 nitrogen and oxygen atoms in total. The van der Waals surface area contributed by atoms with Crippen LogP contribution in [0.15, 0.2) is 18.2 Å². The van der Waals surface area contributed by atoms with Gasteiger partial charge in [0.15, 0.2) is 6.23 Å². The van der Waals surface area contributed by atoms with Gasteiger partial charge in [0, 0.05) is 0 Å². The Balaban J connectivity index is 1.70. The summed E-state index contributed by atoms with van der Waals surface area (Å²) < 4.78 is 10.8. The Bertz CT molecular complexity index is 444. The second-order valence-electron chi connectivity index (χ2n) is 4.47. The van der Waals surface area contributed by atoms with Crippen LogP contribution in [0.1, 0.15) is 17.5 Å². The summed E-state index contributed by atoms with van der Waals surface area (Å²) in [4.78, 5) is 11.1. The molecule has 1 aliphatic carbocycles. The number of benzene rings is 1. The molecule has 2 aliphatic rings. The first-order valence-electron chi connectivity index (χ1n) is 5.97. The number of aryl methyl sites for hydroxylation is 2. The molecule has 17 heavy (non-hydrogen) atoms. The fourth-order valence-corrected chi connectivity index (χ4v) is 2.37. The van der Waals surface area contributed by atoms with Crippen molar-refractivity contribution in [2.45, 2.75) is 25.5 Å². The van der Waals surface area contributed by atoms with E-state index in [2.05, 4.69) is 17.4 Å². The SMILES string of the molecule is O=C1COCC(Oc2ccc3c(c2)CCC3)N1. The minimum atomic E-state index is -0.365. The minimum Gasteiger partial charge on any atom is -0.468 e. The Morgan fingerprint density at radius 3 is 3.06 bits per heavy atom. The van der Waals surface area contributed by atoms with E-state index in [1.807, 2.05) is 6.07 Å². The van der Waals surface area contributed by atoms with E-state index in [-0.39, 0.29) is 18.7 Å². The second-order valence-corrected chi connectivity index (χ2v) is 4.47. The van der Waals surface area contributed by atoms with Gasteiger partial charge in [0.25, 0.3) is 0 Å². The van der Waals surface area contributed by atoms with E-state index < -0.39 is 0 Å². The van der Waals surface area contributed by atoms with E-state index in [0.717, 1.165) is 12.2 Å². The van der Waals surface area contributed by atoms with Crippen molar-refractivity contribution in [1.82, 2.24) is 5.32 Å². The van der Waals surface area contributed by atoms with Gasteiger partial charge in [-0.2, -0.15) is 0 Å². The average molecular weight is 233 g/mol. The maximum atomic E-state index is 11.1. The molecule has 1 aromatic rings. The molecule has 1 fully saturated rings. The van der Waals surface area contributed by atoms with Crippen molar-refractivity contribution in [2.24, 2.45) is 0 Å². The fourth-order valence-electron chi connectivity index (χ4n) is 2.37. The molecule has 1 atom stereocenters. The molecule has 0 bridgehead atoms. The molecule has 1 saturated heterocycles. The lowest BCUT2D eigenvalue weighted by Gasteiger charge is -2.24. The molecule has 0 saturated carbocycles. The topological polar surface area (TPSA) is 47.6 Å². The standard InChI is InChI=1S/C13H15NO3/c15-12-7-16-8-13(14-12)17-11-5-4-9-2-1-3-10(9)6-11/h4-6,13H,1-3,7-8H2,(H,14,15). The van der Waals surface area contributed by atoms with Gasteiger partial charge in [-0.1, -0.05) is 6.07 Å². The number of ether oxygens (including phenoxy) is 2. The molecule has 1 N–H and O–H groups in total. The highest BCUT2D eigenvalue weighted by molar-refractivity contribution is 5.77. The van der Waals surface area contributed by atoms with Crippen LogP contribution < -0.4 is 10.1 Å². The second kappa shape index (κ2) is 4.37. The Morgan fingerprint density at radius 1 is 1.29 bits per heavy atom. The van der Waals surface area contributed by atoms with Gasteiger partial charge in [-0.3, -0.25) is 4.79 Å². The van der Waals surface area contributed by atoms with Gasteiger partial charge >= 0.3 is 0 Å². The first-order valence-corrected chi connectivity index (χ1v) is 5.97. The molecule has 3 rings (SSSR count). The number of hydrogen-bond acceptors (Lipinski definition) is 3. The van der Waals surface area contributed by atoms with Gasteiger partial charge in [-0.25, -0.2) is 0 Å². The maximum Gasteiger partial charge on any atom is 0.248 e. The van der Waals surface area contributed by atoms with Gasteiger partial charge in [-0.15, -0.1) is 0 Å². The predicted molar refractivity (Wildman–Crippen MR) is 61.8 cm³/mol. The van der Waals surface area contributed by atoms with Crippen molar-refractivity contribution in [3.63, 3.8) is 0 Å². The highest BCUT2D eigenvalue weighted by Crippen LogP contribution is 2.26. The quantitative estimate of drug-likeness (QED) is 0.829. The van der Waals surface area contributed by atoms with E-state index in [1.165, 1.54) is 24.0 Å². The predicted octanol–water partition coefficient (Wildman–Crippen LogP) is 1.03. The number of amides is 1. The van der Waals surface area contributed by atoms with Crippen molar-refractivity contribution in [1.29, 1.82) is 0 Å². The maximum absolute atomic E-state index is 11.1. The van der Waals surface area contributed by atoms with Crippen LogP contribution in [-0.4, -0.2) is 25.3 Å². The Labute approximate surface area is 99.9 Å². The molecule has 1 heterocycles. The molecule has 1 unspecified atom stereocenters. The third-order valence-electron chi connectivity index (χ3n) is 3.17. The summed E-state index contributed by atoms with van der Waals surface area (Å²) in [6.07, 6.45) is 3.15. The number of nitrogens with one attached hydrogen (secondary N) is 1. The van der Waals surface area contributed by atoms with Gasteiger partial charge in [0.2, 0.25) is 5.91 Å². The van der Waals surface area contributed by atoms with Gasteiger partial charge in [-0.05, 0) is 42.5 Å². The van der Waals surface area contributed by atoms with E-state index in [4.69, 9.17) is 9.47 Å². The number of rotatable bonds is 2. The zero-order valence-electron chi connectivity index (χ0n) is 9.57. The molecule has 1 amide bonds. The Morgan fingerprint density at radius 2 is 2.18 bits per heavy atom. The summed E-state index contributed by atoms with van der Waals surface area (Å²) in [6.45, 7) is 0.535. The lowest BCUT2D eigenvalue weighted by molar-refractivity contribution is -0.136. The molecule has 4 heteroatoms. The van der Waals surface area contributed by atoms with Crippen molar-refractivity contribution in [3.05, 3.63) is 29.3 Å². The van der Waals surface area contributed by atoms with E-state index in [0.29, 0.717) is 6.61 Å². The lowest BCUT2D eigenvalue weighted by atomic mass is 10.1. The van der Waals surface area contributed by atoms with Crippen molar-refractivity contribution < 1.29 is 14.3 Å². The van der Waals surface area contributed by atoms with Gasteiger partial charge in [0.05, 0.1) is 0 Å². The van der Waals surface area contributed by atoms with Crippen LogP contribution in [0.3, 0.4) is 0 Å². The zero-order chi connectivity index (χ0) is 11.7. The summed E-state index contributed by atoms with van der Waals surface area (Å²) in [6, 6.07) is 6.15. The number of morpholine rings is 1. The summed E-state index contributed by atoms with van der Waals surface area (Å²) in [5.74, 6) is 0.684. The van der Waals surface area contributed by atoms with Crippen LogP contribution in [0.2, 0.25) is 0 Å². The summed E-state index contributed by atoms with van der Waals surface area (Å²) in [5, 5.41) is 2.75. The average Bonchev–Trinajstić information content (AvgIpc) is 2.76. The molecule has 0 aromatic heterocycles. The molecule has 90 valence electrons. The molecular weight excluding hydrogens is 218 g/mol. The van der Waals surface area contributed by atoms with E-state index >= 15 is 0 Å². The first kappa shape index (κ1) is 10.6. The van der Waals surface area contributed by atoms with Gasteiger partial charge < -0.3 is 14.8 Å². The molecule has 1 aromatic carbocycles. The molecular formula is C13H15NO3. The highest BCUT2D eigenvalue weighted by Gasteiger charge is 2.20. The normalized spacial score (nSPS) is 23.1. The van der Waals surface area contributed by atoms with Crippen LogP contribution >= 0.6 is 0 Å². The molecule has 0 spiro atoms. The van der Waals surface area contributed by atoms with Crippen LogP contribution in [0.5, 0.6) is 5.75 Å². The number of hydrogen-bond donors (Lipinski definition) is 1. The van der Waals surface area contributed by atoms with Crippen LogP contribution in [0, 0.1) is 0 Å². The van der Waals surface area contributed by atoms with Crippen LogP contribution in [-0.2, 0) is 22.4 Å². The van der Waals surface area contributed by atoms with Gasteiger partial charge in [0.1, 0.15) is 19.0 Å². The number of carbonyl (C=O) groups is 1. The van der Waals surface area contributed by atoms with Crippen LogP contribution in [0.25, 0.3) is 0 Å². The number of carbonyl (C=O) groups excluding carboxylic acids is 1. The minimum absolute atomic E-state index is 0.123. The summed E-state index contributed by atoms with van der Waals surface area (Å²) >= 11 is 0. The number of fused-ring (bicyclic) bond motifs is 1. The Kier molecular flexibility index (Phi) is 2.73. The summed E-state index contributed by atoms with van der Waals surface area (Å²) in [5.41, 5.74) is 2.78. The molecule has 1 aliphatic heterocycles. The molecule has 0 radical (unpaired) electrons. The third kappa shape index (κ3) is 2.26. The van der Waals surface area contributed by atoms with Crippen molar-refractivity contribution in [3.8, 4) is 5.75 Å². The lowest BCUT2D eigenvalue weighted by Crippen LogP contribution is -2.48. The van der Waals surface area contributed by atoms with Crippen LogP contribution in [0.4, 0.5) is 0 Å². The monoisotopic (exact) mass is 233 g/mol. The van der Waals surface area contributed by atoms with E-state index in [1.54, 1.807) is 0 Å². The highest BCUT2D eigenvalue weighted by atomic mass is 16.6. The van der Waals surface area contributed by atoms with Crippen molar-refractivity contribution >= 4 is 5.91 Å². The smallest absolute Gasteiger partial charge is 0.248 e. The van der Waals surface area contributed by atoms with Crippen molar-refractivity contribution in [2.75, 3.05) is 13.2 Å². The fraction of sp³-hybridized carbons (Fsp3) is 0.462. The zero-order valence-corrected chi connectivity index (χ0v) is 9.57. The third-order valence-corrected chi connectivity index (χ3v) is 3.17.